The van der Waals surface area contributed by atoms with E-state index in [1.54, 1.807) is 11.1 Å². The molecule has 0 amide bonds. The van der Waals surface area contributed by atoms with Crippen molar-refractivity contribution in [1.29, 1.82) is 0 Å². The van der Waals surface area contributed by atoms with Crippen molar-refractivity contribution in [2.45, 2.75) is 62.8 Å². The molecule has 1 fully saturated rings. The Labute approximate surface area is 445 Å². The van der Waals surface area contributed by atoms with Gasteiger partial charge in [-0.05, 0) is 175 Å². The lowest BCUT2D eigenvalue weighted by molar-refractivity contribution is 0.549. The number of rotatable bonds is 7. The lowest BCUT2D eigenvalue weighted by Gasteiger charge is -2.30. The summed E-state index contributed by atoms with van der Waals surface area (Å²) in [6.07, 6.45) is 13.0. The lowest BCUT2D eigenvalue weighted by atomic mass is 9.75. The maximum absolute atomic E-state index is 2.76. The summed E-state index contributed by atoms with van der Waals surface area (Å²) in [5.74, 6) is 0. The topological polar surface area (TPSA) is 8.17 Å². The lowest BCUT2D eigenvalue weighted by Crippen LogP contribution is -2.21. The van der Waals surface area contributed by atoms with Gasteiger partial charge < -0.3 is 9.47 Å². The zero-order chi connectivity index (χ0) is 50.3. The summed E-state index contributed by atoms with van der Waals surface area (Å²) in [4.78, 5) is 2.50. The van der Waals surface area contributed by atoms with Crippen molar-refractivity contribution in [2.75, 3.05) is 4.90 Å². The van der Waals surface area contributed by atoms with E-state index in [-0.39, 0.29) is 16.9 Å². The fraction of sp³-hybridized carbons (Fsp3) is 0.135. The van der Waals surface area contributed by atoms with Crippen molar-refractivity contribution in [3.8, 4) is 66.8 Å². The van der Waals surface area contributed by atoms with Crippen LogP contribution >= 0.6 is 0 Å². The zero-order valence-corrected chi connectivity index (χ0v) is 43.0. The molecule has 2 heteroatoms. The minimum atomic E-state index is -0.154. The number of anilines is 3. The summed E-state index contributed by atoms with van der Waals surface area (Å²) in [5, 5.41) is 2.72. The minimum Gasteiger partial charge on any atom is -0.332 e. The fourth-order valence-electron chi connectivity index (χ4n) is 14.9. The first-order chi connectivity index (χ1) is 37.4. The predicted molar refractivity (Wildman–Crippen MR) is 319 cm³/mol. The Bertz CT molecular complexity index is 4230. The molecule has 0 bridgehead atoms. The molecule has 11 aromatic rings. The van der Waals surface area contributed by atoms with Crippen LogP contribution in [-0.2, 0) is 10.8 Å². The molecule has 2 heterocycles. The number of benzene rings is 10. The van der Waals surface area contributed by atoms with Gasteiger partial charge in [0.05, 0.1) is 11.6 Å². The molecule has 0 N–H and O–H groups in total. The highest BCUT2D eigenvalue weighted by molar-refractivity contribution is 6.22. The molecule has 10 aromatic carbocycles. The maximum Gasteiger partial charge on any atom is 0.0632 e. The van der Waals surface area contributed by atoms with Gasteiger partial charge in [-0.25, -0.2) is 0 Å². The number of nitrogens with zero attached hydrogens (tertiary/aromatic N) is 2. The highest BCUT2D eigenvalue weighted by Crippen LogP contribution is 2.64. The number of hydrogen-bond acceptors (Lipinski definition) is 1. The molecular formula is C74H56N2. The first-order valence-corrected chi connectivity index (χ1v) is 27.6. The van der Waals surface area contributed by atoms with Crippen LogP contribution in [0.5, 0.6) is 0 Å². The quantitative estimate of drug-likeness (QED) is 0.155. The van der Waals surface area contributed by atoms with Gasteiger partial charge in [0.2, 0.25) is 0 Å². The molecular weight excluding hydrogens is 917 g/mol. The molecule has 0 saturated heterocycles. The van der Waals surface area contributed by atoms with Crippen LogP contribution < -0.4 is 4.90 Å². The summed E-state index contributed by atoms with van der Waals surface area (Å²) in [6.45, 7) is 4.77. The van der Waals surface area contributed by atoms with Crippen LogP contribution in [-0.4, -0.2) is 4.57 Å². The Balaban J connectivity index is 0.899. The second-order valence-electron chi connectivity index (χ2n) is 22.6. The Morgan fingerprint density at radius 3 is 1.84 bits per heavy atom. The van der Waals surface area contributed by atoms with E-state index >= 15 is 0 Å². The van der Waals surface area contributed by atoms with E-state index in [0.717, 1.165) is 23.5 Å². The summed E-state index contributed by atoms with van der Waals surface area (Å²) >= 11 is 0. The smallest absolute Gasteiger partial charge is 0.0632 e. The molecule has 76 heavy (non-hydrogen) atoms. The first-order valence-electron chi connectivity index (χ1n) is 27.6. The monoisotopic (exact) mass is 972 g/mol. The Kier molecular flexibility index (Phi) is 9.41. The third-order valence-corrected chi connectivity index (χ3v) is 18.4. The predicted octanol–water partition coefficient (Wildman–Crippen LogP) is 20.0. The zero-order valence-electron chi connectivity index (χ0n) is 43.0. The van der Waals surface area contributed by atoms with Gasteiger partial charge in [0, 0.05) is 49.7 Å². The summed E-state index contributed by atoms with van der Waals surface area (Å²) in [7, 11) is 0. The van der Waals surface area contributed by atoms with Crippen LogP contribution in [0.2, 0.25) is 0 Å². The third kappa shape index (κ3) is 6.22. The van der Waals surface area contributed by atoms with E-state index < -0.39 is 0 Å². The average Bonchev–Trinajstić information content (AvgIpc) is 4.32. The number of fused-ring (bicyclic) bond motifs is 11. The highest BCUT2D eigenvalue weighted by atomic mass is 15.1. The Morgan fingerprint density at radius 1 is 0.434 bits per heavy atom. The van der Waals surface area contributed by atoms with Gasteiger partial charge in [-0.15, -0.1) is 0 Å². The SMILES string of the molecule is CC1(C)c2ccccc2-c2ccc(N(c3cccc(-c4cccc(-c5cc6c7c8c5c5ccccc5n8C5CC=CC=C5c5cccc(c5-7)C65CCCC5)c4)c3)c3cc(-c4ccccc4)cc(-c4ccccc4)c3)cc21. The number of allylic oxidation sites excluding steroid dienone is 4. The van der Waals surface area contributed by atoms with E-state index in [1.165, 1.54) is 137 Å². The van der Waals surface area contributed by atoms with Gasteiger partial charge in [0.25, 0.3) is 0 Å². The second-order valence-corrected chi connectivity index (χ2v) is 22.6. The molecule has 1 aliphatic heterocycles. The van der Waals surface area contributed by atoms with Crippen molar-refractivity contribution in [1.82, 2.24) is 4.57 Å². The van der Waals surface area contributed by atoms with Crippen LogP contribution in [0.4, 0.5) is 17.1 Å². The van der Waals surface area contributed by atoms with Crippen molar-refractivity contribution >= 4 is 44.4 Å². The Morgan fingerprint density at radius 2 is 1.04 bits per heavy atom. The molecule has 1 aromatic heterocycles. The number of aromatic nitrogens is 1. The van der Waals surface area contributed by atoms with Crippen molar-refractivity contribution < 1.29 is 0 Å². The molecule has 362 valence electrons. The molecule has 1 atom stereocenters. The van der Waals surface area contributed by atoms with Crippen LogP contribution in [0.1, 0.15) is 79.8 Å². The van der Waals surface area contributed by atoms with Crippen LogP contribution in [0.15, 0.2) is 237 Å². The van der Waals surface area contributed by atoms with Crippen LogP contribution in [0.3, 0.4) is 0 Å². The van der Waals surface area contributed by atoms with Gasteiger partial charge in [-0.3, -0.25) is 0 Å². The molecule has 16 rings (SSSR count). The van der Waals surface area contributed by atoms with Crippen molar-refractivity contribution in [2.24, 2.45) is 0 Å². The second kappa shape index (κ2) is 16.4. The third-order valence-electron chi connectivity index (χ3n) is 18.4. The van der Waals surface area contributed by atoms with E-state index in [0.29, 0.717) is 0 Å². The van der Waals surface area contributed by atoms with Gasteiger partial charge in [0.15, 0.2) is 0 Å². The van der Waals surface area contributed by atoms with Crippen molar-refractivity contribution in [3.63, 3.8) is 0 Å². The van der Waals surface area contributed by atoms with E-state index in [9.17, 15) is 0 Å². The number of para-hydroxylation sites is 1. The minimum absolute atomic E-state index is 0.0198. The maximum atomic E-state index is 2.76. The first kappa shape index (κ1) is 43.7. The normalized spacial score (nSPS) is 16.7. The Hall–Kier alpha value is -8.72. The molecule has 1 unspecified atom stereocenters. The summed E-state index contributed by atoms with van der Waals surface area (Å²) in [5.41, 5.74) is 30.1. The van der Waals surface area contributed by atoms with Gasteiger partial charge in [-0.2, -0.15) is 0 Å². The van der Waals surface area contributed by atoms with Crippen molar-refractivity contribution in [3.05, 3.63) is 264 Å². The number of hydrogen-bond donors (Lipinski definition) is 0. The van der Waals surface area contributed by atoms with Gasteiger partial charge in [-0.1, -0.05) is 203 Å². The average molecular weight is 973 g/mol. The molecule has 1 saturated carbocycles. The van der Waals surface area contributed by atoms with E-state index in [4.69, 9.17) is 0 Å². The van der Waals surface area contributed by atoms with Gasteiger partial charge >= 0.3 is 0 Å². The summed E-state index contributed by atoms with van der Waals surface area (Å²) < 4.78 is 2.76. The molecule has 1 spiro atoms. The molecule has 5 aliphatic rings. The van der Waals surface area contributed by atoms with E-state index in [1.807, 2.05) is 0 Å². The van der Waals surface area contributed by atoms with Gasteiger partial charge in [0.1, 0.15) is 0 Å². The molecule has 0 radical (unpaired) electrons. The van der Waals surface area contributed by atoms with Crippen LogP contribution in [0, 0.1) is 0 Å². The molecule has 2 nitrogen and oxygen atoms in total. The van der Waals surface area contributed by atoms with Crippen LogP contribution in [0.25, 0.3) is 94.1 Å². The summed E-state index contributed by atoms with van der Waals surface area (Å²) in [6, 6.07) is 83.1. The standard InChI is InChI=1S/C74H56N2/c1-73(2)63-32-12-9-28-57(63)58-37-36-55(45-65(58)73)75(56-43-52(47-20-5-3-6-21-47)41-53(44-56)48-22-7-4-8-23-48)54-27-18-25-50(42-54)49-24-17-26-51(40-49)62-46-66-71-70-60(31-19-33-64(70)74(66)38-15-16-39-74)59-29-10-13-34-67(59)76-68-35-14-11-30-61(68)69(62)72(71)76/h3-14,17-33,35-37,40-46,67H,15-16,34,38-39H2,1-2H3. The molecule has 4 aliphatic carbocycles. The highest BCUT2D eigenvalue weighted by Gasteiger charge is 2.49. The van der Waals surface area contributed by atoms with E-state index in [2.05, 4.69) is 260 Å². The fourth-order valence-corrected chi connectivity index (χ4v) is 14.9. The largest absolute Gasteiger partial charge is 0.332 e.